The minimum atomic E-state index is -1.66. The van der Waals surface area contributed by atoms with Crippen LogP contribution in [0.25, 0.3) is 0 Å². The normalized spacial score (nSPS) is 17.1. The van der Waals surface area contributed by atoms with Crippen LogP contribution in [-0.2, 0) is 16.0 Å². The SMILES string of the molecule is CC(C)CC(NC(=O)CC(NC(=O)C1CCCc2ccccc21)c1cccc(Cl)c1)B(O)O. The second-order valence-electron chi connectivity index (χ2n) is 9.18. The van der Waals surface area contributed by atoms with Gasteiger partial charge in [-0.3, -0.25) is 9.59 Å². The summed E-state index contributed by atoms with van der Waals surface area (Å²) in [5, 5.41) is 25.6. The molecule has 0 aliphatic heterocycles. The third-order valence-electron chi connectivity index (χ3n) is 6.07. The first-order valence-corrected chi connectivity index (χ1v) is 11.9. The zero-order chi connectivity index (χ0) is 24.0. The molecule has 0 radical (unpaired) electrons. The molecular formula is C25H32BClN2O4. The molecule has 3 unspecified atom stereocenters. The predicted molar refractivity (Wildman–Crippen MR) is 131 cm³/mol. The van der Waals surface area contributed by atoms with E-state index in [1.54, 1.807) is 18.2 Å². The molecule has 0 aromatic heterocycles. The van der Waals surface area contributed by atoms with E-state index in [0.717, 1.165) is 30.4 Å². The highest BCUT2D eigenvalue weighted by molar-refractivity contribution is 6.43. The van der Waals surface area contributed by atoms with Crippen molar-refractivity contribution in [3.05, 3.63) is 70.2 Å². The molecule has 1 aliphatic carbocycles. The Bertz CT molecular complexity index is 969. The van der Waals surface area contributed by atoms with Crippen LogP contribution in [-0.4, -0.2) is 34.9 Å². The average molecular weight is 471 g/mol. The quantitative estimate of drug-likeness (QED) is 0.421. The van der Waals surface area contributed by atoms with E-state index < -0.39 is 19.1 Å². The van der Waals surface area contributed by atoms with Crippen LogP contribution in [0.1, 0.15) is 68.2 Å². The summed E-state index contributed by atoms with van der Waals surface area (Å²) in [7, 11) is -1.66. The first kappa shape index (κ1) is 25.3. The van der Waals surface area contributed by atoms with E-state index in [0.29, 0.717) is 11.4 Å². The summed E-state index contributed by atoms with van der Waals surface area (Å²) < 4.78 is 0. The summed E-state index contributed by atoms with van der Waals surface area (Å²) in [4.78, 5) is 26.2. The van der Waals surface area contributed by atoms with Crippen molar-refractivity contribution in [3.8, 4) is 0 Å². The number of carbonyl (C=O) groups is 2. The van der Waals surface area contributed by atoms with Crippen LogP contribution in [0, 0.1) is 5.92 Å². The van der Waals surface area contributed by atoms with Gasteiger partial charge < -0.3 is 20.7 Å². The van der Waals surface area contributed by atoms with Crippen LogP contribution < -0.4 is 10.6 Å². The number of benzene rings is 2. The van der Waals surface area contributed by atoms with Gasteiger partial charge in [-0.15, -0.1) is 0 Å². The van der Waals surface area contributed by atoms with Gasteiger partial charge in [0.1, 0.15) is 0 Å². The highest BCUT2D eigenvalue weighted by atomic mass is 35.5. The fourth-order valence-corrected chi connectivity index (χ4v) is 4.69. The maximum atomic E-state index is 13.3. The molecule has 176 valence electrons. The Balaban J connectivity index is 1.78. The molecular weight excluding hydrogens is 439 g/mol. The molecule has 2 aromatic carbocycles. The number of fused-ring (bicyclic) bond motifs is 1. The van der Waals surface area contributed by atoms with Gasteiger partial charge in [-0.2, -0.15) is 0 Å². The largest absolute Gasteiger partial charge is 0.475 e. The van der Waals surface area contributed by atoms with Gasteiger partial charge in [0.15, 0.2) is 0 Å². The average Bonchev–Trinajstić information content (AvgIpc) is 2.77. The number of rotatable bonds is 9. The van der Waals surface area contributed by atoms with Crippen LogP contribution in [0.3, 0.4) is 0 Å². The summed E-state index contributed by atoms with van der Waals surface area (Å²) in [6, 6.07) is 14.5. The minimum absolute atomic E-state index is 0.0399. The summed E-state index contributed by atoms with van der Waals surface area (Å²) >= 11 is 6.18. The Morgan fingerprint density at radius 3 is 2.58 bits per heavy atom. The third kappa shape index (κ3) is 7.07. The van der Waals surface area contributed by atoms with Crippen molar-refractivity contribution in [1.82, 2.24) is 10.6 Å². The molecule has 1 aliphatic rings. The minimum Gasteiger partial charge on any atom is -0.426 e. The number of amides is 2. The van der Waals surface area contributed by atoms with Gasteiger partial charge in [-0.1, -0.05) is 61.8 Å². The topological polar surface area (TPSA) is 98.7 Å². The fourth-order valence-electron chi connectivity index (χ4n) is 4.49. The number of carbonyl (C=O) groups excluding carboxylic acids is 2. The monoisotopic (exact) mass is 470 g/mol. The smallest absolute Gasteiger partial charge is 0.426 e. The second-order valence-corrected chi connectivity index (χ2v) is 9.62. The number of hydrogen-bond donors (Lipinski definition) is 4. The van der Waals surface area contributed by atoms with Crippen LogP contribution in [0.5, 0.6) is 0 Å². The molecule has 0 heterocycles. The first-order chi connectivity index (χ1) is 15.7. The Morgan fingerprint density at radius 2 is 1.88 bits per heavy atom. The van der Waals surface area contributed by atoms with Crippen molar-refractivity contribution in [2.75, 3.05) is 0 Å². The lowest BCUT2D eigenvalue weighted by atomic mass is 9.75. The van der Waals surface area contributed by atoms with Gasteiger partial charge in [0, 0.05) is 5.02 Å². The lowest BCUT2D eigenvalue weighted by Crippen LogP contribution is -2.48. The maximum absolute atomic E-state index is 13.3. The highest BCUT2D eigenvalue weighted by Crippen LogP contribution is 2.32. The first-order valence-electron chi connectivity index (χ1n) is 11.5. The second kappa shape index (κ2) is 11.7. The molecule has 3 atom stereocenters. The van der Waals surface area contributed by atoms with Crippen molar-refractivity contribution < 1.29 is 19.6 Å². The summed E-state index contributed by atoms with van der Waals surface area (Å²) in [6.07, 6.45) is 3.03. The summed E-state index contributed by atoms with van der Waals surface area (Å²) in [5.74, 6) is -1.37. The zero-order valence-corrected chi connectivity index (χ0v) is 19.9. The maximum Gasteiger partial charge on any atom is 0.475 e. The van der Waals surface area contributed by atoms with Gasteiger partial charge in [0.2, 0.25) is 11.8 Å². The highest BCUT2D eigenvalue weighted by Gasteiger charge is 2.30. The van der Waals surface area contributed by atoms with E-state index in [4.69, 9.17) is 11.6 Å². The van der Waals surface area contributed by atoms with E-state index in [1.807, 2.05) is 38.1 Å². The third-order valence-corrected chi connectivity index (χ3v) is 6.31. The van der Waals surface area contributed by atoms with Gasteiger partial charge >= 0.3 is 7.12 Å². The Labute approximate surface area is 200 Å². The molecule has 0 fully saturated rings. The number of aryl methyl sites for hydroxylation is 1. The molecule has 4 N–H and O–H groups in total. The molecule has 2 amide bonds. The van der Waals surface area contributed by atoms with E-state index in [1.165, 1.54) is 5.56 Å². The molecule has 8 heteroatoms. The molecule has 0 bridgehead atoms. The van der Waals surface area contributed by atoms with E-state index >= 15 is 0 Å². The van der Waals surface area contributed by atoms with E-state index in [9.17, 15) is 19.6 Å². The molecule has 0 spiro atoms. The Morgan fingerprint density at radius 1 is 1.12 bits per heavy atom. The van der Waals surface area contributed by atoms with Crippen molar-refractivity contribution in [1.29, 1.82) is 0 Å². The van der Waals surface area contributed by atoms with Gasteiger partial charge in [-0.25, -0.2) is 0 Å². The van der Waals surface area contributed by atoms with Crippen molar-refractivity contribution >= 4 is 30.5 Å². The molecule has 6 nitrogen and oxygen atoms in total. The fraction of sp³-hybridized carbons (Fsp3) is 0.440. The molecule has 2 aromatic rings. The lowest BCUT2D eigenvalue weighted by Gasteiger charge is -2.28. The van der Waals surface area contributed by atoms with Crippen LogP contribution in [0.2, 0.25) is 5.02 Å². The predicted octanol–water partition coefficient (Wildman–Crippen LogP) is 3.55. The number of halogens is 1. The zero-order valence-electron chi connectivity index (χ0n) is 19.1. The summed E-state index contributed by atoms with van der Waals surface area (Å²) in [5.41, 5.74) is 2.95. The number of hydrogen-bond acceptors (Lipinski definition) is 4. The number of nitrogens with one attached hydrogen (secondary N) is 2. The molecule has 0 saturated carbocycles. The van der Waals surface area contributed by atoms with Crippen LogP contribution in [0.15, 0.2) is 48.5 Å². The van der Waals surface area contributed by atoms with Crippen LogP contribution >= 0.6 is 11.6 Å². The van der Waals surface area contributed by atoms with Gasteiger partial charge in [-0.05, 0) is 60.4 Å². The van der Waals surface area contributed by atoms with E-state index in [2.05, 4.69) is 16.7 Å². The standard InChI is InChI=1S/C25H32BClN2O4/c1-16(2)13-23(26(32)33)29-24(30)15-22(18-9-5-10-19(27)14-18)28-25(31)21-12-6-8-17-7-3-4-11-20(17)21/h3-5,7,9-11,14,16,21-23,32-33H,6,8,12-13,15H2,1-2H3,(H,28,31)(H,29,30). The van der Waals surface area contributed by atoms with E-state index in [-0.39, 0.29) is 30.1 Å². The molecule has 33 heavy (non-hydrogen) atoms. The molecule has 3 rings (SSSR count). The van der Waals surface area contributed by atoms with Gasteiger partial charge in [0.25, 0.3) is 0 Å². The Hall–Kier alpha value is -2.35. The van der Waals surface area contributed by atoms with Gasteiger partial charge in [0.05, 0.1) is 24.3 Å². The Kier molecular flexibility index (Phi) is 8.95. The molecule has 0 saturated heterocycles. The lowest BCUT2D eigenvalue weighted by molar-refractivity contribution is -0.125. The van der Waals surface area contributed by atoms with Crippen molar-refractivity contribution in [3.63, 3.8) is 0 Å². The van der Waals surface area contributed by atoms with Crippen LogP contribution in [0.4, 0.5) is 0 Å². The van der Waals surface area contributed by atoms with Crippen molar-refractivity contribution in [2.45, 2.75) is 63.9 Å². The van der Waals surface area contributed by atoms with Crippen molar-refractivity contribution in [2.24, 2.45) is 5.92 Å². The summed E-state index contributed by atoms with van der Waals surface area (Å²) in [6.45, 7) is 3.89.